The van der Waals surface area contributed by atoms with Crippen molar-refractivity contribution in [3.05, 3.63) is 22.4 Å². The largest absolute Gasteiger partial charge is 0.316 e. The Labute approximate surface area is 115 Å². The van der Waals surface area contributed by atoms with E-state index in [1.54, 1.807) is 5.56 Å². The molecule has 18 heavy (non-hydrogen) atoms. The Bertz CT molecular complexity index is 372. The van der Waals surface area contributed by atoms with Crippen LogP contribution in [0.15, 0.2) is 16.8 Å². The van der Waals surface area contributed by atoms with E-state index < -0.39 is 0 Å². The summed E-state index contributed by atoms with van der Waals surface area (Å²) in [6.07, 6.45) is 8.55. The van der Waals surface area contributed by atoms with Crippen molar-refractivity contribution < 1.29 is 0 Å². The van der Waals surface area contributed by atoms with Crippen molar-refractivity contribution in [2.75, 3.05) is 13.1 Å². The molecule has 2 aliphatic carbocycles. The van der Waals surface area contributed by atoms with E-state index in [1.807, 2.05) is 11.3 Å². The molecule has 0 saturated heterocycles. The van der Waals surface area contributed by atoms with E-state index in [0.717, 1.165) is 11.8 Å². The molecule has 2 bridgehead atoms. The number of hydrogen-bond donors (Lipinski definition) is 1. The van der Waals surface area contributed by atoms with Crippen molar-refractivity contribution in [2.24, 2.45) is 17.3 Å². The zero-order valence-electron chi connectivity index (χ0n) is 11.5. The van der Waals surface area contributed by atoms with Crippen LogP contribution in [0, 0.1) is 17.3 Å². The minimum absolute atomic E-state index is 0.582. The maximum atomic E-state index is 3.72. The Morgan fingerprint density at radius 3 is 3.00 bits per heavy atom. The van der Waals surface area contributed by atoms with E-state index in [4.69, 9.17) is 0 Å². The van der Waals surface area contributed by atoms with E-state index in [-0.39, 0.29) is 0 Å². The van der Waals surface area contributed by atoms with Gasteiger partial charge in [0.25, 0.3) is 0 Å². The fourth-order valence-electron chi connectivity index (χ4n) is 4.37. The highest BCUT2D eigenvalue weighted by atomic mass is 32.1. The SMILES string of the molecule is CCCNCC1(Cc2ccsc2)CC2CCC1C2. The molecule has 2 aliphatic rings. The summed E-state index contributed by atoms with van der Waals surface area (Å²) in [6.45, 7) is 4.69. The molecule has 0 aromatic carbocycles. The van der Waals surface area contributed by atoms with E-state index in [1.165, 1.54) is 51.6 Å². The molecule has 2 saturated carbocycles. The van der Waals surface area contributed by atoms with Crippen molar-refractivity contribution in [2.45, 2.75) is 45.4 Å². The lowest BCUT2D eigenvalue weighted by atomic mass is 9.69. The van der Waals surface area contributed by atoms with Gasteiger partial charge in [0.15, 0.2) is 0 Å². The molecule has 1 N–H and O–H groups in total. The molecular formula is C16H25NS. The third-order valence-corrected chi connectivity index (χ3v) is 5.87. The molecule has 0 amide bonds. The van der Waals surface area contributed by atoms with Crippen molar-refractivity contribution >= 4 is 11.3 Å². The maximum absolute atomic E-state index is 3.72. The molecular weight excluding hydrogens is 238 g/mol. The van der Waals surface area contributed by atoms with Crippen LogP contribution in [0.25, 0.3) is 0 Å². The first-order chi connectivity index (χ1) is 8.82. The Hall–Kier alpha value is -0.340. The molecule has 1 heterocycles. The van der Waals surface area contributed by atoms with E-state index in [2.05, 4.69) is 29.1 Å². The van der Waals surface area contributed by atoms with Gasteiger partial charge in [-0.15, -0.1) is 0 Å². The molecule has 1 nitrogen and oxygen atoms in total. The Morgan fingerprint density at radius 2 is 2.39 bits per heavy atom. The smallest absolute Gasteiger partial charge is 0.00138 e. The first-order valence-electron chi connectivity index (χ1n) is 7.54. The fourth-order valence-corrected chi connectivity index (χ4v) is 5.04. The summed E-state index contributed by atoms with van der Waals surface area (Å²) in [4.78, 5) is 0. The van der Waals surface area contributed by atoms with Crippen molar-refractivity contribution in [1.82, 2.24) is 5.32 Å². The second-order valence-corrected chi connectivity index (χ2v) is 7.21. The zero-order valence-corrected chi connectivity index (χ0v) is 12.3. The van der Waals surface area contributed by atoms with Gasteiger partial charge in [-0.1, -0.05) is 13.3 Å². The lowest BCUT2D eigenvalue weighted by Crippen LogP contribution is -2.40. The average Bonchev–Trinajstić information content (AvgIpc) is 3.06. The van der Waals surface area contributed by atoms with Crippen LogP contribution in [-0.4, -0.2) is 13.1 Å². The van der Waals surface area contributed by atoms with Gasteiger partial charge in [-0.3, -0.25) is 0 Å². The molecule has 1 aromatic rings. The molecule has 100 valence electrons. The molecule has 0 radical (unpaired) electrons. The van der Waals surface area contributed by atoms with E-state index >= 15 is 0 Å². The summed E-state index contributed by atoms with van der Waals surface area (Å²) in [6, 6.07) is 2.33. The number of fused-ring (bicyclic) bond motifs is 2. The van der Waals surface area contributed by atoms with Gasteiger partial charge in [0.05, 0.1) is 0 Å². The van der Waals surface area contributed by atoms with Gasteiger partial charge in [-0.05, 0) is 78.3 Å². The quantitative estimate of drug-likeness (QED) is 0.762. The normalized spacial score (nSPS) is 34.3. The number of nitrogens with one attached hydrogen (secondary N) is 1. The first-order valence-corrected chi connectivity index (χ1v) is 8.48. The number of hydrogen-bond acceptors (Lipinski definition) is 2. The topological polar surface area (TPSA) is 12.0 Å². The summed E-state index contributed by atoms with van der Waals surface area (Å²) in [5, 5.41) is 8.31. The first kappa shape index (κ1) is 12.7. The molecule has 3 atom stereocenters. The average molecular weight is 263 g/mol. The molecule has 0 spiro atoms. The molecule has 3 rings (SSSR count). The van der Waals surface area contributed by atoms with E-state index in [9.17, 15) is 0 Å². The van der Waals surface area contributed by atoms with Gasteiger partial charge < -0.3 is 5.32 Å². The summed E-state index contributed by atoms with van der Waals surface area (Å²) in [5.41, 5.74) is 2.16. The van der Waals surface area contributed by atoms with Crippen LogP contribution >= 0.6 is 11.3 Å². The minimum Gasteiger partial charge on any atom is -0.316 e. The summed E-state index contributed by atoms with van der Waals surface area (Å²) in [7, 11) is 0. The van der Waals surface area contributed by atoms with Crippen LogP contribution in [-0.2, 0) is 6.42 Å². The highest BCUT2D eigenvalue weighted by molar-refractivity contribution is 7.07. The second-order valence-electron chi connectivity index (χ2n) is 6.43. The van der Waals surface area contributed by atoms with E-state index in [0.29, 0.717) is 5.41 Å². The Balaban J connectivity index is 1.71. The minimum atomic E-state index is 0.582. The lowest BCUT2D eigenvalue weighted by molar-refractivity contribution is 0.157. The molecule has 3 unspecified atom stereocenters. The molecule has 2 heteroatoms. The van der Waals surface area contributed by atoms with Crippen LogP contribution < -0.4 is 5.32 Å². The fraction of sp³-hybridized carbons (Fsp3) is 0.750. The molecule has 1 aromatic heterocycles. The van der Waals surface area contributed by atoms with Crippen LogP contribution in [0.4, 0.5) is 0 Å². The van der Waals surface area contributed by atoms with Crippen molar-refractivity contribution in [1.29, 1.82) is 0 Å². The Kier molecular flexibility index (Phi) is 3.76. The Morgan fingerprint density at radius 1 is 1.44 bits per heavy atom. The number of thiophene rings is 1. The molecule has 0 aliphatic heterocycles. The third kappa shape index (κ3) is 2.37. The summed E-state index contributed by atoms with van der Waals surface area (Å²) < 4.78 is 0. The number of rotatable bonds is 6. The second kappa shape index (κ2) is 5.34. The zero-order chi connectivity index (χ0) is 12.4. The predicted octanol–water partition coefficient (Wildman–Crippen LogP) is 4.10. The highest BCUT2D eigenvalue weighted by Gasteiger charge is 2.50. The van der Waals surface area contributed by atoms with Crippen LogP contribution in [0.2, 0.25) is 0 Å². The monoisotopic (exact) mass is 263 g/mol. The lowest BCUT2D eigenvalue weighted by Gasteiger charge is -2.38. The van der Waals surface area contributed by atoms with Crippen LogP contribution in [0.5, 0.6) is 0 Å². The van der Waals surface area contributed by atoms with Crippen molar-refractivity contribution in [3.8, 4) is 0 Å². The summed E-state index contributed by atoms with van der Waals surface area (Å²) >= 11 is 1.85. The maximum Gasteiger partial charge on any atom is 0.00138 e. The van der Waals surface area contributed by atoms with Gasteiger partial charge in [-0.25, -0.2) is 0 Å². The van der Waals surface area contributed by atoms with Gasteiger partial charge in [0.2, 0.25) is 0 Å². The van der Waals surface area contributed by atoms with Crippen LogP contribution in [0.1, 0.15) is 44.6 Å². The van der Waals surface area contributed by atoms with Gasteiger partial charge in [-0.2, -0.15) is 11.3 Å². The third-order valence-electron chi connectivity index (χ3n) is 5.14. The summed E-state index contributed by atoms with van der Waals surface area (Å²) in [5.74, 6) is 2.03. The van der Waals surface area contributed by atoms with Crippen molar-refractivity contribution in [3.63, 3.8) is 0 Å². The van der Waals surface area contributed by atoms with Gasteiger partial charge in [0, 0.05) is 6.54 Å². The molecule has 2 fully saturated rings. The van der Waals surface area contributed by atoms with Gasteiger partial charge >= 0.3 is 0 Å². The standard InChI is InChI=1S/C16H25NS/c1-2-6-17-12-16(10-14-5-7-18-11-14)9-13-3-4-15(16)8-13/h5,7,11,13,15,17H,2-4,6,8-10,12H2,1H3. The van der Waals surface area contributed by atoms with Crippen LogP contribution in [0.3, 0.4) is 0 Å². The van der Waals surface area contributed by atoms with Gasteiger partial charge in [0.1, 0.15) is 0 Å². The highest BCUT2D eigenvalue weighted by Crippen LogP contribution is 2.57. The predicted molar refractivity (Wildman–Crippen MR) is 79.1 cm³/mol.